The molecule has 0 fully saturated rings. The van der Waals surface area contributed by atoms with Gasteiger partial charge in [0.2, 0.25) is 0 Å². The van der Waals surface area contributed by atoms with Crippen LogP contribution in [0.5, 0.6) is 0 Å². The molecule has 0 aromatic carbocycles. The van der Waals surface area contributed by atoms with Crippen molar-refractivity contribution in [2.75, 3.05) is 33.8 Å². The summed E-state index contributed by atoms with van der Waals surface area (Å²) < 4.78 is 5.22. The molecule has 0 saturated heterocycles. The zero-order valence-electron chi connectivity index (χ0n) is 16.9. The first-order valence-electron chi connectivity index (χ1n) is 9.35. The van der Waals surface area contributed by atoms with Gasteiger partial charge in [0.1, 0.15) is 5.76 Å². The average Bonchev–Trinajstić information content (AvgIpc) is 2.57. The monoisotopic (exact) mass is 358 g/mol. The highest BCUT2D eigenvalue weighted by atomic mass is 35.5. The first-order valence-corrected chi connectivity index (χ1v) is 9.73. The normalized spacial score (nSPS) is 15.8. The summed E-state index contributed by atoms with van der Waals surface area (Å²) in [6, 6.07) is 0. The lowest BCUT2D eigenvalue weighted by molar-refractivity contribution is 0.239. The Labute approximate surface area is 155 Å². The van der Waals surface area contributed by atoms with Gasteiger partial charge in [-0.3, -0.25) is 0 Å². The van der Waals surface area contributed by atoms with Crippen LogP contribution in [0.1, 0.15) is 60.3 Å². The second kappa shape index (κ2) is 13.6. The summed E-state index contributed by atoms with van der Waals surface area (Å²) in [7, 11) is 3.65. The van der Waals surface area contributed by atoms with Crippen LogP contribution >= 0.6 is 11.6 Å². The van der Waals surface area contributed by atoms with E-state index in [4.69, 9.17) is 16.3 Å². The Hall–Kier alpha value is -0.670. The number of halogens is 1. The molecule has 0 spiro atoms. The van der Waals surface area contributed by atoms with Crippen molar-refractivity contribution in [1.82, 2.24) is 10.2 Å². The van der Waals surface area contributed by atoms with E-state index < -0.39 is 0 Å². The fourth-order valence-corrected chi connectivity index (χ4v) is 2.90. The van der Waals surface area contributed by atoms with E-state index in [0.29, 0.717) is 11.0 Å². The molecule has 0 heterocycles. The Balaban J connectivity index is 4.89. The van der Waals surface area contributed by atoms with E-state index in [1.165, 1.54) is 31.4 Å². The standard InChI is InChI=1S/C20H39ClN2O/c1-8-9-10-11-16(2)17(3)15-23(13-12-22-6)18(4)14-20(21)19(5)24-7/h14,16-17,22H,8-13,15H2,1-7H3/b18-14+,20-19-. The molecule has 0 rings (SSSR count). The maximum atomic E-state index is 6.32. The van der Waals surface area contributed by atoms with Crippen molar-refractivity contribution in [3.05, 3.63) is 22.6 Å². The molecule has 0 aliphatic carbocycles. The highest BCUT2D eigenvalue weighted by molar-refractivity contribution is 6.31. The zero-order chi connectivity index (χ0) is 18.5. The SMILES string of the molecule is CCCCCC(C)C(C)CN(CCNC)/C(C)=C/C(Cl)=C(\C)OC. The summed E-state index contributed by atoms with van der Waals surface area (Å²) in [6.45, 7) is 14.1. The summed E-state index contributed by atoms with van der Waals surface area (Å²) >= 11 is 6.32. The van der Waals surface area contributed by atoms with Gasteiger partial charge in [-0.1, -0.05) is 58.1 Å². The van der Waals surface area contributed by atoms with E-state index in [2.05, 4.69) is 37.9 Å². The number of nitrogens with zero attached hydrogens (tertiary/aromatic N) is 1. The maximum Gasteiger partial charge on any atom is 0.111 e. The number of ether oxygens (including phenoxy) is 1. The molecule has 0 saturated carbocycles. The zero-order valence-corrected chi connectivity index (χ0v) is 17.7. The molecule has 24 heavy (non-hydrogen) atoms. The number of likely N-dealkylation sites (N-methyl/N-ethyl adjacent to an activating group) is 1. The van der Waals surface area contributed by atoms with Crippen molar-refractivity contribution >= 4 is 11.6 Å². The molecule has 142 valence electrons. The van der Waals surface area contributed by atoms with Crippen molar-refractivity contribution < 1.29 is 4.74 Å². The van der Waals surface area contributed by atoms with Crippen LogP contribution in [-0.2, 0) is 4.74 Å². The molecule has 4 heteroatoms. The number of allylic oxidation sites excluding steroid dienone is 4. The fourth-order valence-electron chi connectivity index (χ4n) is 2.66. The smallest absolute Gasteiger partial charge is 0.111 e. The number of rotatable bonds is 13. The van der Waals surface area contributed by atoms with E-state index in [9.17, 15) is 0 Å². The van der Waals surface area contributed by atoms with E-state index in [0.717, 1.165) is 31.3 Å². The van der Waals surface area contributed by atoms with Gasteiger partial charge in [-0.15, -0.1) is 0 Å². The molecule has 0 aromatic rings. The predicted octanol–water partition coefficient (Wildman–Crippen LogP) is 5.38. The lowest BCUT2D eigenvalue weighted by Gasteiger charge is -2.31. The summed E-state index contributed by atoms with van der Waals surface area (Å²) in [6.07, 6.45) is 7.32. The van der Waals surface area contributed by atoms with Gasteiger partial charge >= 0.3 is 0 Å². The Morgan fingerprint density at radius 2 is 1.88 bits per heavy atom. The topological polar surface area (TPSA) is 24.5 Å². The van der Waals surface area contributed by atoms with Crippen LogP contribution in [-0.4, -0.2) is 38.7 Å². The van der Waals surface area contributed by atoms with E-state index in [1.807, 2.05) is 20.0 Å². The molecule has 0 aromatic heterocycles. The molecule has 2 unspecified atom stereocenters. The molecule has 0 aliphatic rings. The minimum atomic E-state index is 0.660. The van der Waals surface area contributed by atoms with Crippen LogP contribution in [0.25, 0.3) is 0 Å². The van der Waals surface area contributed by atoms with Gasteiger partial charge in [-0.05, 0) is 38.8 Å². The maximum absolute atomic E-state index is 6.32. The lowest BCUT2D eigenvalue weighted by atomic mass is 9.90. The first kappa shape index (κ1) is 23.3. The van der Waals surface area contributed by atoms with Gasteiger partial charge in [0.15, 0.2) is 0 Å². The summed E-state index contributed by atoms with van der Waals surface area (Å²) in [5, 5.41) is 3.92. The molecule has 1 N–H and O–H groups in total. The summed E-state index contributed by atoms with van der Waals surface area (Å²) in [4.78, 5) is 2.43. The van der Waals surface area contributed by atoms with Crippen molar-refractivity contribution in [2.24, 2.45) is 11.8 Å². The lowest BCUT2D eigenvalue weighted by Crippen LogP contribution is -2.34. The molecule has 0 radical (unpaired) electrons. The molecule has 0 amide bonds. The minimum absolute atomic E-state index is 0.660. The van der Waals surface area contributed by atoms with E-state index >= 15 is 0 Å². The van der Waals surface area contributed by atoms with Gasteiger partial charge in [0, 0.05) is 25.3 Å². The van der Waals surface area contributed by atoms with E-state index in [1.54, 1.807) is 7.11 Å². The Kier molecular flexibility index (Phi) is 13.2. The van der Waals surface area contributed by atoms with Crippen molar-refractivity contribution in [1.29, 1.82) is 0 Å². The third-order valence-corrected chi connectivity index (χ3v) is 5.23. The molecular weight excluding hydrogens is 320 g/mol. The predicted molar refractivity (Wildman–Crippen MR) is 107 cm³/mol. The van der Waals surface area contributed by atoms with Crippen molar-refractivity contribution in [3.8, 4) is 0 Å². The van der Waals surface area contributed by atoms with Crippen LogP contribution < -0.4 is 5.32 Å². The van der Waals surface area contributed by atoms with E-state index in [-0.39, 0.29) is 0 Å². The highest BCUT2D eigenvalue weighted by Gasteiger charge is 2.16. The number of nitrogens with one attached hydrogen (secondary N) is 1. The van der Waals surface area contributed by atoms with Crippen LogP contribution in [0.4, 0.5) is 0 Å². The van der Waals surface area contributed by atoms with Crippen LogP contribution in [0.3, 0.4) is 0 Å². The molecule has 0 bridgehead atoms. The Bertz CT molecular complexity index is 393. The van der Waals surface area contributed by atoms with Gasteiger partial charge in [-0.25, -0.2) is 0 Å². The number of hydrogen-bond donors (Lipinski definition) is 1. The van der Waals surface area contributed by atoms with Gasteiger partial charge in [-0.2, -0.15) is 0 Å². The third-order valence-electron chi connectivity index (χ3n) is 4.85. The molecule has 0 aliphatic heterocycles. The van der Waals surface area contributed by atoms with Gasteiger partial charge in [0.25, 0.3) is 0 Å². The van der Waals surface area contributed by atoms with Crippen LogP contribution in [0.2, 0.25) is 0 Å². The fraction of sp³-hybridized carbons (Fsp3) is 0.800. The van der Waals surface area contributed by atoms with Gasteiger partial charge < -0.3 is 15.0 Å². The first-order chi connectivity index (χ1) is 11.4. The average molecular weight is 359 g/mol. The molecule has 2 atom stereocenters. The van der Waals surface area contributed by atoms with Gasteiger partial charge in [0.05, 0.1) is 12.1 Å². The molecule has 3 nitrogen and oxygen atoms in total. The van der Waals surface area contributed by atoms with Crippen molar-refractivity contribution in [2.45, 2.75) is 60.3 Å². The van der Waals surface area contributed by atoms with Crippen LogP contribution in [0.15, 0.2) is 22.6 Å². The number of unbranched alkanes of at least 4 members (excludes halogenated alkanes) is 2. The Morgan fingerprint density at radius 1 is 1.21 bits per heavy atom. The quantitative estimate of drug-likeness (QED) is 0.272. The third kappa shape index (κ3) is 9.58. The largest absolute Gasteiger partial charge is 0.500 e. The Morgan fingerprint density at radius 3 is 2.42 bits per heavy atom. The minimum Gasteiger partial charge on any atom is -0.500 e. The second-order valence-electron chi connectivity index (χ2n) is 6.89. The van der Waals surface area contributed by atoms with Crippen molar-refractivity contribution in [3.63, 3.8) is 0 Å². The highest BCUT2D eigenvalue weighted by Crippen LogP contribution is 2.22. The summed E-state index contributed by atoms with van der Waals surface area (Å²) in [5.74, 6) is 2.16. The second-order valence-corrected chi connectivity index (χ2v) is 7.30. The number of hydrogen-bond acceptors (Lipinski definition) is 3. The summed E-state index contributed by atoms with van der Waals surface area (Å²) in [5.41, 5.74) is 1.19. The molecular formula is C20H39ClN2O. The van der Waals surface area contributed by atoms with Crippen LogP contribution in [0, 0.1) is 11.8 Å². The number of methoxy groups -OCH3 is 1.